The van der Waals surface area contributed by atoms with Gasteiger partial charge in [-0.25, -0.2) is 0 Å². The van der Waals surface area contributed by atoms with E-state index in [-0.39, 0.29) is 0 Å². The summed E-state index contributed by atoms with van der Waals surface area (Å²) in [6.07, 6.45) is 3.40. The molecule has 0 spiro atoms. The van der Waals surface area contributed by atoms with Crippen LogP contribution in [0.5, 0.6) is 0 Å². The zero-order valence-electron chi connectivity index (χ0n) is 7.72. The maximum Gasteiger partial charge on any atom is 0.0366 e. The van der Waals surface area contributed by atoms with Gasteiger partial charge >= 0.3 is 0 Å². The van der Waals surface area contributed by atoms with Crippen molar-refractivity contribution in [2.75, 3.05) is 0 Å². The van der Waals surface area contributed by atoms with Crippen LogP contribution in [0.15, 0.2) is 29.2 Å². The average molecular weight is 216 g/mol. The molecule has 0 amide bonds. The van der Waals surface area contributed by atoms with Gasteiger partial charge in [0.15, 0.2) is 0 Å². The molecule has 1 rings (SSSR count). The number of rotatable bonds is 4. The third-order valence-corrected chi connectivity index (χ3v) is 3.25. The van der Waals surface area contributed by atoms with Gasteiger partial charge in [0.25, 0.3) is 0 Å². The quantitative estimate of drug-likeness (QED) is 0.787. The highest BCUT2D eigenvalue weighted by Gasteiger charge is 2.02. The third-order valence-electron chi connectivity index (χ3n) is 1.97. The Morgan fingerprint density at radius 2 is 2.08 bits per heavy atom. The first-order valence-corrected chi connectivity index (χ1v) is 6.50. The fourth-order valence-electron chi connectivity index (χ4n) is 1.25. The SMILES string of the molecule is CCCCc1ccccc1S(=N)Cl. The van der Waals surface area contributed by atoms with Gasteiger partial charge in [0, 0.05) is 14.8 Å². The molecule has 0 saturated heterocycles. The molecule has 0 saturated carbocycles. The lowest BCUT2D eigenvalue weighted by atomic mass is 10.1. The maximum atomic E-state index is 7.49. The van der Waals surface area contributed by atoms with E-state index in [2.05, 4.69) is 13.0 Å². The van der Waals surface area contributed by atoms with Crippen LogP contribution >= 0.6 is 10.7 Å². The molecule has 1 unspecified atom stereocenters. The van der Waals surface area contributed by atoms with Crippen molar-refractivity contribution in [1.29, 1.82) is 4.78 Å². The van der Waals surface area contributed by atoms with Crippen LogP contribution in [0.1, 0.15) is 25.3 Å². The van der Waals surface area contributed by atoms with Crippen LogP contribution in [-0.4, -0.2) is 0 Å². The summed E-state index contributed by atoms with van der Waals surface area (Å²) in [5, 5.41) is 0. The Morgan fingerprint density at radius 1 is 1.38 bits per heavy atom. The largest absolute Gasteiger partial charge is 0.261 e. The zero-order chi connectivity index (χ0) is 9.68. The van der Waals surface area contributed by atoms with Crippen LogP contribution in [0.4, 0.5) is 0 Å². The normalized spacial score (nSPS) is 12.8. The van der Waals surface area contributed by atoms with E-state index in [9.17, 15) is 0 Å². The summed E-state index contributed by atoms with van der Waals surface area (Å²) in [5.41, 5.74) is 1.23. The minimum absolute atomic E-state index is 0.872. The minimum atomic E-state index is -0.872. The second-order valence-electron chi connectivity index (χ2n) is 2.97. The highest BCUT2D eigenvalue weighted by Crippen LogP contribution is 2.18. The van der Waals surface area contributed by atoms with E-state index in [1.807, 2.05) is 18.2 Å². The molecule has 0 fully saturated rings. The van der Waals surface area contributed by atoms with Crippen molar-refractivity contribution in [2.24, 2.45) is 0 Å². The van der Waals surface area contributed by atoms with E-state index in [1.54, 1.807) is 0 Å². The number of aryl methyl sites for hydroxylation is 1. The Hall–Kier alpha value is -0.340. The molecule has 0 heterocycles. The first-order chi connectivity index (χ1) is 6.25. The number of unbranched alkanes of at least 4 members (excludes halogenated alkanes) is 1. The molecular weight excluding hydrogens is 202 g/mol. The maximum absolute atomic E-state index is 7.49. The molecule has 3 heteroatoms. The van der Waals surface area contributed by atoms with Gasteiger partial charge in [-0.1, -0.05) is 31.5 Å². The molecular formula is C10H14ClNS. The first-order valence-electron chi connectivity index (χ1n) is 4.45. The molecule has 1 N–H and O–H groups in total. The Labute approximate surface area is 86.5 Å². The van der Waals surface area contributed by atoms with Gasteiger partial charge < -0.3 is 0 Å². The lowest BCUT2D eigenvalue weighted by Gasteiger charge is -2.05. The summed E-state index contributed by atoms with van der Waals surface area (Å²) in [6, 6.07) is 7.98. The van der Waals surface area contributed by atoms with E-state index in [0.29, 0.717) is 0 Å². The topological polar surface area (TPSA) is 23.9 Å². The van der Waals surface area contributed by atoms with E-state index in [0.717, 1.165) is 11.3 Å². The van der Waals surface area contributed by atoms with Crippen molar-refractivity contribution in [3.8, 4) is 0 Å². The molecule has 0 aliphatic rings. The number of hydrogen-bond donors (Lipinski definition) is 1. The van der Waals surface area contributed by atoms with E-state index in [4.69, 9.17) is 15.5 Å². The molecule has 0 aromatic heterocycles. The Bertz CT molecular complexity index is 299. The van der Waals surface area contributed by atoms with Crippen molar-refractivity contribution in [1.82, 2.24) is 0 Å². The predicted molar refractivity (Wildman–Crippen MR) is 59.3 cm³/mol. The van der Waals surface area contributed by atoms with Gasteiger partial charge in [-0.2, -0.15) is 0 Å². The molecule has 0 bridgehead atoms. The summed E-state index contributed by atoms with van der Waals surface area (Å²) in [4.78, 5) is 0.984. The molecule has 1 nitrogen and oxygen atoms in total. The van der Waals surface area contributed by atoms with Gasteiger partial charge in [0.05, 0.1) is 0 Å². The highest BCUT2D eigenvalue weighted by molar-refractivity contribution is 8.09. The number of hydrogen-bond acceptors (Lipinski definition) is 1. The van der Waals surface area contributed by atoms with E-state index < -0.39 is 9.90 Å². The third kappa shape index (κ3) is 3.12. The predicted octanol–water partition coefficient (Wildman–Crippen LogP) is 3.92. The van der Waals surface area contributed by atoms with Crippen LogP contribution in [0.3, 0.4) is 0 Å². The van der Waals surface area contributed by atoms with Gasteiger partial charge in [-0.15, -0.1) is 0 Å². The van der Waals surface area contributed by atoms with Crippen LogP contribution in [0, 0.1) is 4.78 Å². The van der Waals surface area contributed by atoms with Crippen molar-refractivity contribution in [2.45, 2.75) is 31.1 Å². The fourth-order valence-corrected chi connectivity index (χ4v) is 2.30. The fraction of sp³-hybridized carbons (Fsp3) is 0.400. The second-order valence-corrected chi connectivity index (χ2v) is 4.85. The summed E-state index contributed by atoms with van der Waals surface area (Å²) in [6.45, 7) is 2.17. The lowest BCUT2D eigenvalue weighted by molar-refractivity contribution is 0.785. The number of benzene rings is 1. The van der Waals surface area contributed by atoms with E-state index >= 15 is 0 Å². The van der Waals surface area contributed by atoms with Crippen LogP contribution < -0.4 is 0 Å². The standard InChI is InChI=1S/C10H14ClNS/c1-2-3-6-9-7-4-5-8-10(9)13(11)12/h4-5,7-8,12H,2-3,6H2,1H3. The second kappa shape index (κ2) is 5.40. The van der Waals surface area contributed by atoms with Crippen molar-refractivity contribution >= 4 is 20.6 Å². The zero-order valence-corrected chi connectivity index (χ0v) is 9.29. The summed E-state index contributed by atoms with van der Waals surface area (Å²) < 4.78 is 7.49. The summed E-state index contributed by atoms with van der Waals surface area (Å²) >= 11 is 0. The van der Waals surface area contributed by atoms with Gasteiger partial charge in [0.2, 0.25) is 0 Å². The van der Waals surface area contributed by atoms with Crippen LogP contribution in [0.25, 0.3) is 0 Å². The monoisotopic (exact) mass is 215 g/mol. The first kappa shape index (κ1) is 10.7. The molecule has 1 aromatic rings. The Balaban J connectivity index is 2.84. The molecule has 13 heavy (non-hydrogen) atoms. The summed E-state index contributed by atoms with van der Waals surface area (Å²) in [5.74, 6) is 0. The van der Waals surface area contributed by atoms with Crippen molar-refractivity contribution < 1.29 is 0 Å². The number of halogens is 1. The van der Waals surface area contributed by atoms with Gasteiger partial charge in [0.1, 0.15) is 0 Å². The molecule has 72 valence electrons. The van der Waals surface area contributed by atoms with Gasteiger partial charge in [-0.3, -0.25) is 4.78 Å². The van der Waals surface area contributed by atoms with Crippen LogP contribution in [-0.2, 0) is 16.3 Å². The molecule has 0 radical (unpaired) electrons. The highest BCUT2D eigenvalue weighted by atomic mass is 35.7. The van der Waals surface area contributed by atoms with Crippen LogP contribution in [0.2, 0.25) is 0 Å². The Morgan fingerprint density at radius 3 is 2.69 bits per heavy atom. The van der Waals surface area contributed by atoms with Gasteiger partial charge in [-0.05, 0) is 35.2 Å². The van der Waals surface area contributed by atoms with Crippen molar-refractivity contribution in [3.05, 3.63) is 29.8 Å². The molecule has 0 aliphatic heterocycles. The molecule has 1 aromatic carbocycles. The van der Waals surface area contributed by atoms with E-state index in [1.165, 1.54) is 18.4 Å². The minimum Gasteiger partial charge on any atom is -0.261 e. The summed E-state index contributed by atoms with van der Waals surface area (Å²) in [7, 11) is 4.91. The van der Waals surface area contributed by atoms with Crippen molar-refractivity contribution in [3.63, 3.8) is 0 Å². The Kier molecular flexibility index (Phi) is 4.46. The number of nitrogens with one attached hydrogen (secondary N) is 1. The smallest absolute Gasteiger partial charge is 0.0366 e. The molecule has 1 atom stereocenters. The average Bonchev–Trinajstić information content (AvgIpc) is 2.15. The molecule has 0 aliphatic carbocycles. The lowest BCUT2D eigenvalue weighted by Crippen LogP contribution is -1.91.